The van der Waals surface area contributed by atoms with Crippen molar-refractivity contribution >= 4 is 5.69 Å². The number of nitrogens with one attached hydrogen (secondary N) is 1. The number of nitrogens with zero attached hydrogens (tertiary/aromatic N) is 3. The number of benzene rings is 1. The lowest BCUT2D eigenvalue weighted by molar-refractivity contribution is 0.475. The van der Waals surface area contributed by atoms with Gasteiger partial charge in [-0.15, -0.1) is 10.2 Å². The summed E-state index contributed by atoms with van der Waals surface area (Å²) in [4.78, 5) is 0. The van der Waals surface area contributed by atoms with Gasteiger partial charge in [0.15, 0.2) is 5.82 Å². The first-order valence-corrected chi connectivity index (χ1v) is 4.61. The van der Waals surface area contributed by atoms with Gasteiger partial charge in [-0.1, -0.05) is 0 Å². The molecular weight excluding hydrogens is 192 g/mol. The van der Waals surface area contributed by atoms with Gasteiger partial charge < -0.3 is 15.0 Å². The lowest BCUT2D eigenvalue weighted by Gasteiger charge is -2.05. The van der Waals surface area contributed by atoms with Crippen molar-refractivity contribution in [3.63, 3.8) is 0 Å². The molecule has 0 amide bonds. The summed E-state index contributed by atoms with van der Waals surface area (Å²) in [5.74, 6) is 1.13. The Bertz CT molecular complexity index is 435. The molecule has 2 rings (SSSR count). The molecule has 2 N–H and O–H groups in total. The number of phenols is 1. The minimum absolute atomic E-state index is 0.263. The fourth-order valence-corrected chi connectivity index (χ4v) is 1.23. The number of aromatic hydroxyl groups is 1. The van der Waals surface area contributed by atoms with Gasteiger partial charge in [0, 0.05) is 12.7 Å². The molecule has 1 aromatic carbocycles. The molecule has 0 bridgehead atoms. The minimum atomic E-state index is 0.263. The maximum atomic E-state index is 9.10. The van der Waals surface area contributed by atoms with Crippen LogP contribution in [0.5, 0.6) is 5.75 Å². The van der Waals surface area contributed by atoms with Crippen molar-refractivity contribution in [2.24, 2.45) is 7.05 Å². The maximum Gasteiger partial charge on any atom is 0.151 e. The lowest BCUT2D eigenvalue weighted by Crippen LogP contribution is -2.05. The standard InChI is InChI=1S/C10H12N4O/c1-14-7-12-13-10(14)6-11-8-2-4-9(15)5-3-8/h2-5,7,11,15H,6H2,1H3. The summed E-state index contributed by atoms with van der Waals surface area (Å²) in [5.41, 5.74) is 0.941. The van der Waals surface area contributed by atoms with Crippen molar-refractivity contribution in [3.05, 3.63) is 36.4 Å². The lowest BCUT2D eigenvalue weighted by atomic mass is 10.3. The number of hydrogen-bond acceptors (Lipinski definition) is 4. The number of hydrogen-bond donors (Lipinski definition) is 2. The van der Waals surface area contributed by atoms with E-state index in [2.05, 4.69) is 15.5 Å². The normalized spacial score (nSPS) is 10.2. The van der Waals surface area contributed by atoms with Crippen molar-refractivity contribution in [1.29, 1.82) is 0 Å². The molecule has 0 fully saturated rings. The molecule has 0 aliphatic carbocycles. The quantitative estimate of drug-likeness (QED) is 0.736. The maximum absolute atomic E-state index is 9.10. The van der Waals surface area contributed by atoms with Gasteiger partial charge >= 0.3 is 0 Å². The first-order valence-electron chi connectivity index (χ1n) is 4.61. The monoisotopic (exact) mass is 204 g/mol. The van der Waals surface area contributed by atoms with Crippen LogP contribution >= 0.6 is 0 Å². The Morgan fingerprint density at radius 1 is 1.33 bits per heavy atom. The highest BCUT2D eigenvalue weighted by Gasteiger charge is 1.99. The van der Waals surface area contributed by atoms with Crippen molar-refractivity contribution in [1.82, 2.24) is 14.8 Å². The van der Waals surface area contributed by atoms with E-state index < -0.39 is 0 Å². The van der Waals surface area contributed by atoms with Gasteiger partial charge in [0.25, 0.3) is 0 Å². The zero-order chi connectivity index (χ0) is 10.7. The highest BCUT2D eigenvalue weighted by atomic mass is 16.3. The average Bonchev–Trinajstić information content (AvgIpc) is 2.63. The van der Waals surface area contributed by atoms with Crippen LogP contribution in [0.25, 0.3) is 0 Å². The van der Waals surface area contributed by atoms with E-state index in [1.54, 1.807) is 18.5 Å². The van der Waals surface area contributed by atoms with Gasteiger partial charge in [0.1, 0.15) is 12.1 Å². The predicted molar refractivity (Wildman–Crippen MR) is 56.4 cm³/mol. The number of aromatic nitrogens is 3. The number of phenolic OH excluding ortho intramolecular Hbond substituents is 1. The summed E-state index contributed by atoms with van der Waals surface area (Å²) < 4.78 is 1.85. The van der Waals surface area contributed by atoms with Crippen LogP contribution in [-0.4, -0.2) is 19.9 Å². The van der Waals surface area contributed by atoms with Gasteiger partial charge in [0.05, 0.1) is 6.54 Å². The van der Waals surface area contributed by atoms with Crippen LogP contribution in [0.1, 0.15) is 5.82 Å². The number of rotatable bonds is 3. The van der Waals surface area contributed by atoms with Crippen LogP contribution in [0.15, 0.2) is 30.6 Å². The van der Waals surface area contributed by atoms with Crippen LogP contribution in [0.2, 0.25) is 0 Å². The molecule has 1 aromatic heterocycles. The molecule has 5 heteroatoms. The van der Waals surface area contributed by atoms with Crippen LogP contribution in [0, 0.1) is 0 Å². The Balaban J connectivity index is 1.99. The second kappa shape index (κ2) is 4.00. The molecule has 0 radical (unpaired) electrons. The summed E-state index contributed by atoms with van der Waals surface area (Å²) in [5, 5.41) is 20.0. The topological polar surface area (TPSA) is 63.0 Å². The Hall–Kier alpha value is -2.04. The van der Waals surface area contributed by atoms with Crippen LogP contribution in [-0.2, 0) is 13.6 Å². The average molecular weight is 204 g/mol. The van der Waals surface area contributed by atoms with Gasteiger partial charge in [-0.05, 0) is 24.3 Å². The van der Waals surface area contributed by atoms with E-state index in [1.165, 1.54) is 0 Å². The van der Waals surface area contributed by atoms with E-state index >= 15 is 0 Å². The summed E-state index contributed by atoms with van der Waals surface area (Å²) in [6.07, 6.45) is 1.66. The van der Waals surface area contributed by atoms with Crippen molar-refractivity contribution in [3.8, 4) is 5.75 Å². The summed E-state index contributed by atoms with van der Waals surface area (Å²) in [6.45, 7) is 0.612. The fourth-order valence-electron chi connectivity index (χ4n) is 1.23. The largest absolute Gasteiger partial charge is 0.508 e. The van der Waals surface area contributed by atoms with Crippen LogP contribution in [0.3, 0.4) is 0 Å². The van der Waals surface area contributed by atoms with Crippen molar-refractivity contribution in [2.75, 3.05) is 5.32 Å². The zero-order valence-corrected chi connectivity index (χ0v) is 8.38. The Labute approximate surface area is 87.4 Å². The summed E-state index contributed by atoms with van der Waals surface area (Å²) >= 11 is 0. The molecule has 15 heavy (non-hydrogen) atoms. The molecule has 0 unspecified atom stereocenters. The van der Waals surface area contributed by atoms with E-state index in [0.29, 0.717) is 6.54 Å². The number of anilines is 1. The highest BCUT2D eigenvalue weighted by molar-refractivity contribution is 5.45. The van der Waals surface area contributed by atoms with Crippen molar-refractivity contribution < 1.29 is 5.11 Å². The zero-order valence-electron chi connectivity index (χ0n) is 8.38. The van der Waals surface area contributed by atoms with E-state index in [1.807, 2.05) is 23.7 Å². The third-order valence-corrected chi connectivity index (χ3v) is 2.12. The van der Waals surface area contributed by atoms with Crippen molar-refractivity contribution in [2.45, 2.75) is 6.54 Å². The van der Waals surface area contributed by atoms with E-state index in [-0.39, 0.29) is 5.75 Å². The molecule has 5 nitrogen and oxygen atoms in total. The predicted octanol–water partition coefficient (Wildman–Crippen LogP) is 1.13. The molecule has 0 saturated heterocycles. The molecular formula is C10H12N4O. The third-order valence-electron chi connectivity index (χ3n) is 2.12. The van der Waals surface area contributed by atoms with E-state index in [9.17, 15) is 0 Å². The fraction of sp³-hybridized carbons (Fsp3) is 0.200. The second-order valence-corrected chi connectivity index (χ2v) is 3.26. The first kappa shape index (κ1) is 9.51. The molecule has 1 heterocycles. The van der Waals surface area contributed by atoms with Crippen LogP contribution in [0.4, 0.5) is 5.69 Å². The minimum Gasteiger partial charge on any atom is -0.508 e. The Kier molecular flexibility index (Phi) is 2.53. The van der Waals surface area contributed by atoms with Gasteiger partial charge in [-0.25, -0.2) is 0 Å². The summed E-state index contributed by atoms with van der Waals surface area (Å²) in [7, 11) is 1.90. The van der Waals surface area contributed by atoms with Gasteiger partial charge in [-0.3, -0.25) is 0 Å². The molecule has 2 aromatic rings. The Morgan fingerprint density at radius 2 is 2.07 bits per heavy atom. The number of aryl methyl sites for hydroxylation is 1. The van der Waals surface area contributed by atoms with Gasteiger partial charge in [0.2, 0.25) is 0 Å². The molecule has 78 valence electrons. The highest BCUT2D eigenvalue weighted by Crippen LogP contribution is 2.14. The van der Waals surface area contributed by atoms with E-state index in [0.717, 1.165) is 11.5 Å². The SMILES string of the molecule is Cn1cnnc1CNc1ccc(O)cc1. The molecule has 0 spiro atoms. The third kappa shape index (κ3) is 2.25. The smallest absolute Gasteiger partial charge is 0.151 e. The Morgan fingerprint density at radius 3 is 2.67 bits per heavy atom. The van der Waals surface area contributed by atoms with Gasteiger partial charge in [-0.2, -0.15) is 0 Å². The molecule has 0 aliphatic rings. The second-order valence-electron chi connectivity index (χ2n) is 3.26. The first-order chi connectivity index (χ1) is 7.25. The van der Waals surface area contributed by atoms with E-state index in [4.69, 9.17) is 5.11 Å². The van der Waals surface area contributed by atoms with Crippen LogP contribution < -0.4 is 5.32 Å². The molecule has 0 atom stereocenters. The molecule has 0 aliphatic heterocycles. The summed E-state index contributed by atoms with van der Waals surface area (Å²) in [6, 6.07) is 6.90. The molecule has 0 saturated carbocycles.